The van der Waals surface area contributed by atoms with Gasteiger partial charge in [0.2, 0.25) is 0 Å². The molecule has 5 nitrogen and oxygen atoms in total. The molecule has 0 N–H and O–H groups in total. The van der Waals surface area contributed by atoms with Gasteiger partial charge in [-0.3, -0.25) is 4.18 Å². The van der Waals surface area contributed by atoms with Crippen LogP contribution >= 0.6 is 0 Å². The highest BCUT2D eigenvalue weighted by atomic mass is 32.2. The molecule has 100 valence electrons. The van der Waals surface area contributed by atoms with Crippen LogP contribution in [-0.2, 0) is 20.1 Å². The maximum Gasteiger partial charge on any atom is 0.274 e. The van der Waals surface area contributed by atoms with E-state index >= 15 is 0 Å². The lowest BCUT2D eigenvalue weighted by molar-refractivity contribution is 0.396. The summed E-state index contributed by atoms with van der Waals surface area (Å²) in [5, 5.41) is 0. The van der Waals surface area contributed by atoms with Crippen LogP contribution in [0, 0.1) is 0 Å². The highest BCUT2D eigenvalue weighted by Crippen LogP contribution is 2.31. The van der Waals surface area contributed by atoms with Gasteiger partial charge >= 0.3 is 0 Å². The number of hydrogen-bond donors (Lipinski definition) is 0. The molecule has 1 aliphatic rings. The maximum absolute atomic E-state index is 11.3. The van der Waals surface area contributed by atoms with Crippen molar-refractivity contribution >= 4 is 10.1 Å². The Kier molecular flexibility index (Phi) is 4.29. The summed E-state index contributed by atoms with van der Waals surface area (Å²) in [5.41, 5.74) is 1.12. The molecule has 1 fully saturated rings. The Hall–Kier alpha value is -1.01. The molecule has 1 aromatic rings. The van der Waals surface area contributed by atoms with Crippen molar-refractivity contribution in [3.8, 4) is 0 Å². The van der Waals surface area contributed by atoms with Crippen LogP contribution in [0.15, 0.2) is 12.4 Å². The molecule has 1 saturated carbocycles. The summed E-state index contributed by atoms with van der Waals surface area (Å²) in [6.45, 7) is 0. The third-order valence-corrected chi connectivity index (χ3v) is 4.48. The molecule has 1 aromatic heterocycles. The molecule has 6 heteroatoms. The fourth-order valence-electron chi connectivity index (χ4n) is 2.30. The average Bonchev–Trinajstić information content (AvgIpc) is 2.40. The van der Waals surface area contributed by atoms with Crippen LogP contribution in [0.1, 0.15) is 49.4 Å². The third-order valence-electron chi connectivity index (χ3n) is 3.36. The molecule has 2 rings (SSSR count). The lowest BCUT2D eigenvalue weighted by Gasteiger charge is -2.21. The molecule has 0 atom stereocenters. The minimum atomic E-state index is -3.54. The van der Waals surface area contributed by atoms with E-state index in [-0.39, 0.29) is 11.6 Å². The summed E-state index contributed by atoms with van der Waals surface area (Å²) in [4.78, 5) is 8.23. The first kappa shape index (κ1) is 13.4. The Morgan fingerprint density at radius 3 is 2.39 bits per heavy atom. The quantitative estimate of drug-likeness (QED) is 0.783. The summed E-state index contributed by atoms with van der Waals surface area (Å²) in [7, 11) is -2.39. The fourth-order valence-corrected chi connectivity index (χ4v) is 2.89. The van der Waals surface area contributed by atoms with Crippen LogP contribution in [0.2, 0.25) is 0 Å². The molecule has 0 saturated heterocycles. The van der Waals surface area contributed by atoms with Gasteiger partial charge in [-0.25, -0.2) is 9.97 Å². The minimum Gasteiger partial charge on any atom is -0.273 e. The van der Waals surface area contributed by atoms with Gasteiger partial charge in [-0.1, -0.05) is 19.3 Å². The predicted molar refractivity (Wildman–Crippen MR) is 67.5 cm³/mol. The first-order valence-electron chi connectivity index (χ1n) is 6.20. The van der Waals surface area contributed by atoms with E-state index in [1.54, 1.807) is 12.4 Å². The number of nitrogens with zero attached hydrogens (tertiary/aromatic N) is 2. The second kappa shape index (κ2) is 5.75. The molecular weight excluding hydrogens is 252 g/mol. The molecule has 0 spiro atoms. The Morgan fingerprint density at radius 1 is 1.22 bits per heavy atom. The van der Waals surface area contributed by atoms with Gasteiger partial charge in [0.25, 0.3) is 10.1 Å². The number of rotatable bonds is 4. The molecule has 18 heavy (non-hydrogen) atoms. The van der Waals surface area contributed by atoms with Crippen molar-refractivity contribution in [1.82, 2.24) is 9.97 Å². The van der Waals surface area contributed by atoms with Gasteiger partial charge in [0, 0.05) is 12.4 Å². The first-order chi connectivity index (χ1) is 8.61. The highest BCUT2D eigenvalue weighted by Gasteiger charge is 2.17. The van der Waals surface area contributed by atoms with Crippen molar-refractivity contribution in [3.05, 3.63) is 23.8 Å². The molecule has 0 aromatic carbocycles. The van der Waals surface area contributed by atoms with E-state index in [0.29, 0.717) is 5.92 Å². The highest BCUT2D eigenvalue weighted by molar-refractivity contribution is 7.85. The van der Waals surface area contributed by atoms with Gasteiger partial charge < -0.3 is 0 Å². The summed E-state index contributed by atoms with van der Waals surface area (Å²) in [6, 6.07) is 0. The molecule has 0 unspecified atom stereocenters. The molecule has 0 bridgehead atoms. The van der Waals surface area contributed by atoms with Crippen LogP contribution in [0.4, 0.5) is 0 Å². The first-order valence-corrected chi connectivity index (χ1v) is 7.77. The lowest BCUT2D eigenvalue weighted by atomic mass is 9.85. The van der Waals surface area contributed by atoms with Crippen LogP contribution in [0.5, 0.6) is 0 Å². The summed E-state index contributed by atoms with van der Waals surface area (Å²) in [5.74, 6) is 0.553. The van der Waals surface area contributed by atoms with Gasteiger partial charge in [0.05, 0.1) is 7.11 Å². The summed E-state index contributed by atoms with van der Waals surface area (Å²) < 4.78 is 26.9. The molecule has 1 aliphatic carbocycles. The van der Waals surface area contributed by atoms with Crippen molar-refractivity contribution in [2.75, 3.05) is 7.11 Å². The molecule has 1 heterocycles. The predicted octanol–water partition coefficient (Wildman–Crippen LogP) is 2.00. The third kappa shape index (κ3) is 3.49. The second-order valence-electron chi connectivity index (χ2n) is 4.64. The maximum atomic E-state index is 11.3. The van der Waals surface area contributed by atoms with Crippen LogP contribution in [0.25, 0.3) is 0 Å². The zero-order valence-electron chi connectivity index (χ0n) is 10.5. The van der Waals surface area contributed by atoms with Gasteiger partial charge in [0.1, 0.15) is 11.6 Å². The van der Waals surface area contributed by atoms with Crippen molar-refractivity contribution in [3.63, 3.8) is 0 Å². The van der Waals surface area contributed by atoms with E-state index in [1.165, 1.54) is 32.1 Å². The van der Waals surface area contributed by atoms with E-state index in [0.717, 1.165) is 12.7 Å². The SMILES string of the molecule is COS(=O)(=O)Cc1ncc(C2CCCCC2)cn1. The number of hydrogen-bond acceptors (Lipinski definition) is 5. The fraction of sp³-hybridized carbons (Fsp3) is 0.667. The molecule has 0 radical (unpaired) electrons. The second-order valence-corrected chi connectivity index (χ2v) is 6.37. The van der Waals surface area contributed by atoms with E-state index < -0.39 is 10.1 Å². The van der Waals surface area contributed by atoms with Crippen molar-refractivity contribution < 1.29 is 12.6 Å². The van der Waals surface area contributed by atoms with Gasteiger partial charge in [-0.05, 0) is 24.3 Å². The zero-order chi connectivity index (χ0) is 13.0. The van der Waals surface area contributed by atoms with E-state index in [4.69, 9.17) is 0 Å². The topological polar surface area (TPSA) is 69.2 Å². The lowest BCUT2D eigenvalue weighted by Crippen LogP contribution is -2.10. The monoisotopic (exact) mass is 270 g/mol. The van der Waals surface area contributed by atoms with Gasteiger partial charge in [-0.15, -0.1) is 0 Å². The van der Waals surface area contributed by atoms with Crippen molar-refractivity contribution in [1.29, 1.82) is 0 Å². The molecular formula is C12H18N2O3S. The van der Waals surface area contributed by atoms with Crippen molar-refractivity contribution in [2.45, 2.75) is 43.8 Å². The average molecular weight is 270 g/mol. The largest absolute Gasteiger partial charge is 0.274 e. The Labute approximate surface area is 108 Å². The van der Waals surface area contributed by atoms with Gasteiger partial charge in [-0.2, -0.15) is 8.42 Å². The number of aromatic nitrogens is 2. The Balaban J connectivity index is 2.05. The van der Waals surface area contributed by atoms with Crippen LogP contribution in [-0.4, -0.2) is 25.5 Å². The van der Waals surface area contributed by atoms with E-state index in [2.05, 4.69) is 14.2 Å². The Morgan fingerprint density at radius 2 is 1.83 bits per heavy atom. The van der Waals surface area contributed by atoms with Crippen molar-refractivity contribution in [2.24, 2.45) is 0 Å². The molecule has 0 aliphatic heterocycles. The zero-order valence-corrected chi connectivity index (χ0v) is 11.3. The normalized spacial score (nSPS) is 17.8. The summed E-state index contributed by atoms with van der Waals surface area (Å²) >= 11 is 0. The smallest absolute Gasteiger partial charge is 0.273 e. The minimum absolute atomic E-state index is 0.269. The Bertz CT molecular complexity index is 479. The van der Waals surface area contributed by atoms with Crippen LogP contribution < -0.4 is 0 Å². The van der Waals surface area contributed by atoms with Gasteiger partial charge in [0.15, 0.2) is 0 Å². The van der Waals surface area contributed by atoms with E-state index in [9.17, 15) is 8.42 Å². The molecule has 0 amide bonds. The standard InChI is InChI=1S/C12H18N2O3S/c1-17-18(15,16)9-12-13-7-11(8-14-12)10-5-3-2-4-6-10/h7-8,10H,2-6,9H2,1H3. The summed E-state index contributed by atoms with van der Waals surface area (Å²) in [6.07, 6.45) is 9.68. The van der Waals surface area contributed by atoms with E-state index in [1.807, 2.05) is 0 Å². The van der Waals surface area contributed by atoms with Crippen LogP contribution in [0.3, 0.4) is 0 Å².